The summed E-state index contributed by atoms with van der Waals surface area (Å²) in [5.41, 5.74) is 3.76. The van der Waals surface area contributed by atoms with Crippen LogP contribution in [0.2, 0.25) is 0 Å². The third-order valence-electron chi connectivity index (χ3n) is 3.02. The van der Waals surface area contributed by atoms with Crippen molar-refractivity contribution in [2.24, 2.45) is 4.40 Å². The lowest BCUT2D eigenvalue weighted by atomic mass is 10.2. The van der Waals surface area contributed by atoms with Gasteiger partial charge >= 0.3 is 0 Å². The van der Waals surface area contributed by atoms with Crippen molar-refractivity contribution in [1.29, 1.82) is 0 Å². The van der Waals surface area contributed by atoms with Crippen molar-refractivity contribution < 1.29 is 12.8 Å². The van der Waals surface area contributed by atoms with Gasteiger partial charge in [0.2, 0.25) is 0 Å². The smallest absolute Gasteiger partial charge is 0.265 e. The minimum absolute atomic E-state index is 0.172. The van der Waals surface area contributed by atoms with Gasteiger partial charge in [-0.05, 0) is 30.3 Å². The topological polar surface area (TPSA) is 74.7 Å². The number of hydrazine groups is 1. The summed E-state index contributed by atoms with van der Waals surface area (Å²) in [4.78, 5) is 3.72. The molecule has 0 radical (unpaired) electrons. The van der Waals surface area contributed by atoms with E-state index in [4.69, 9.17) is 0 Å². The first-order valence-electron chi connectivity index (χ1n) is 6.05. The summed E-state index contributed by atoms with van der Waals surface area (Å²) in [6.07, 6.45) is 3.08. The predicted molar refractivity (Wildman–Crippen MR) is 75.9 cm³/mol. The average Bonchev–Trinajstić information content (AvgIpc) is 2.48. The van der Waals surface area contributed by atoms with Gasteiger partial charge in [0.15, 0.2) is 5.84 Å². The molecule has 1 aromatic carbocycles. The van der Waals surface area contributed by atoms with Crippen LogP contribution in [0, 0.1) is 5.82 Å². The van der Waals surface area contributed by atoms with Crippen LogP contribution in [0.4, 0.5) is 10.1 Å². The lowest BCUT2D eigenvalue weighted by molar-refractivity contribution is 0.590. The minimum atomic E-state index is -3.96. The lowest BCUT2D eigenvalue weighted by Gasteiger charge is -2.29. The Kier molecular flexibility index (Phi) is 3.19. The van der Waals surface area contributed by atoms with Crippen LogP contribution in [-0.2, 0) is 10.0 Å². The van der Waals surface area contributed by atoms with Crippen LogP contribution in [-0.4, -0.2) is 26.3 Å². The zero-order valence-corrected chi connectivity index (χ0v) is 11.8. The first-order chi connectivity index (χ1) is 10.0. The van der Waals surface area contributed by atoms with Crippen LogP contribution in [0.1, 0.15) is 5.56 Å². The number of fused-ring (bicyclic) bond motifs is 1. The van der Waals surface area contributed by atoms with Gasteiger partial charge in [-0.25, -0.2) is 9.82 Å². The Morgan fingerprint density at radius 3 is 2.57 bits per heavy atom. The molecule has 0 amide bonds. The maximum absolute atomic E-state index is 13.3. The Balaban J connectivity index is 2.25. The van der Waals surface area contributed by atoms with E-state index in [-0.39, 0.29) is 10.7 Å². The lowest BCUT2D eigenvalue weighted by Crippen LogP contribution is -2.44. The molecule has 0 atom stereocenters. The molecule has 3 rings (SSSR count). The molecule has 0 saturated heterocycles. The monoisotopic (exact) mass is 306 g/mol. The maximum Gasteiger partial charge on any atom is 0.286 e. The number of pyridine rings is 1. The number of sulfonamides is 1. The second kappa shape index (κ2) is 4.90. The summed E-state index contributed by atoms with van der Waals surface area (Å²) in [6, 6.07) is 6.85. The zero-order chi connectivity index (χ0) is 15.0. The van der Waals surface area contributed by atoms with E-state index in [1.807, 2.05) is 0 Å². The van der Waals surface area contributed by atoms with Crippen LogP contribution in [0.15, 0.2) is 52.0 Å². The molecule has 0 saturated carbocycles. The Morgan fingerprint density at radius 1 is 1.19 bits per heavy atom. The van der Waals surface area contributed by atoms with E-state index in [0.717, 1.165) is 6.07 Å². The van der Waals surface area contributed by atoms with Crippen molar-refractivity contribution in [3.05, 3.63) is 54.1 Å². The van der Waals surface area contributed by atoms with Gasteiger partial charge < -0.3 is 0 Å². The van der Waals surface area contributed by atoms with Crippen LogP contribution in [0.5, 0.6) is 0 Å². The number of hydrogen-bond donors (Lipinski definition) is 1. The zero-order valence-electron chi connectivity index (χ0n) is 11.0. The van der Waals surface area contributed by atoms with Crippen molar-refractivity contribution in [1.82, 2.24) is 10.4 Å². The van der Waals surface area contributed by atoms with E-state index in [0.29, 0.717) is 11.3 Å². The number of benzene rings is 1. The third kappa shape index (κ3) is 2.28. The molecule has 0 spiro atoms. The second-order valence-corrected chi connectivity index (χ2v) is 5.87. The summed E-state index contributed by atoms with van der Waals surface area (Å²) in [5, 5.41) is 1.49. The van der Waals surface area contributed by atoms with Crippen molar-refractivity contribution in [3.63, 3.8) is 0 Å². The second-order valence-electron chi connectivity index (χ2n) is 4.30. The molecule has 1 aliphatic heterocycles. The molecule has 108 valence electrons. The number of rotatable bonds is 2. The van der Waals surface area contributed by atoms with Crippen LogP contribution in [0.3, 0.4) is 0 Å². The summed E-state index contributed by atoms with van der Waals surface area (Å²) in [5.74, 6) is -0.421. The Morgan fingerprint density at radius 2 is 1.90 bits per heavy atom. The summed E-state index contributed by atoms with van der Waals surface area (Å²) < 4.78 is 41.6. The highest BCUT2D eigenvalue weighted by Gasteiger charge is 2.31. The predicted octanol–water partition coefficient (Wildman–Crippen LogP) is 1.31. The van der Waals surface area contributed by atoms with Gasteiger partial charge in [0, 0.05) is 25.0 Å². The van der Waals surface area contributed by atoms with E-state index in [2.05, 4.69) is 14.8 Å². The van der Waals surface area contributed by atoms with Crippen molar-refractivity contribution >= 4 is 21.5 Å². The largest absolute Gasteiger partial charge is 0.286 e. The summed E-state index contributed by atoms with van der Waals surface area (Å²) >= 11 is 0. The Hall–Kier alpha value is -2.32. The fourth-order valence-electron chi connectivity index (χ4n) is 2.11. The Labute approximate surface area is 121 Å². The molecule has 1 N–H and O–H groups in total. The fourth-order valence-corrected chi connectivity index (χ4v) is 3.30. The molecular formula is C13H11FN4O2S. The van der Waals surface area contributed by atoms with E-state index < -0.39 is 15.8 Å². The Bertz CT molecular complexity index is 821. The van der Waals surface area contributed by atoms with E-state index in [1.165, 1.54) is 17.1 Å². The number of nitrogens with one attached hydrogen (secondary N) is 1. The van der Waals surface area contributed by atoms with Gasteiger partial charge in [-0.3, -0.25) is 9.99 Å². The highest BCUT2D eigenvalue weighted by Crippen LogP contribution is 2.32. The van der Waals surface area contributed by atoms with Gasteiger partial charge in [-0.2, -0.15) is 8.42 Å². The third-order valence-corrected chi connectivity index (χ3v) is 4.32. The van der Waals surface area contributed by atoms with Crippen LogP contribution in [0.25, 0.3) is 0 Å². The number of nitrogens with zero attached hydrogens (tertiary/aromatic N) is 3. The molecule has 2 aromatic rings. The molecule has 21 heavy (non-hydrogen) atoms. The quantitative estimate of drug-likeness (QED) is 0.905. The molecule has 0 unspecified atom stereocenters. The van der Waals surface area contributed by atoms with Crippen molar-refractivity contribution in [2.45, 2.75) is 4.90 Å². The molecule has 0 fully saturated rings. The highest BCUT2D eigenvalue weighted by atomic mass is 32.2. The number of aromatic nitrogens is 1. The van der Waals surface area contributed by atoms with Gasteiger partial charge in [-0.1, -0.05) is 0 Å². The van der Waals surface area contributed by atoms with Gasteiger partial charge in [-0.15, -0.1) is 4.40 Å². The minimum Gasteiger partial charge on any atom is -0.265 e. The first kappa shape index (κ1) is 13.7. The van der Waals surface area contributed by atoms with Crippen molar-refractivity contribution in [3.8, 4) is 0 Å². The van der Waals surface area contributed by atoms with Crippen LogP contribution < -0.4 is 10.4 Å². The molecular weight excluding hydrogens is 295 g/mol. The maximum atomic E-state index is 13.3. The molecule has 6 nitrogen and oxygen atoms in total. The summed E-state index contributed by atoms with van der Waals surface area (Å²) in [6.45, 7) is 0. The number of halogens is 1. The normalized spacial score (nSPS) is 16.3. The average molecular weight is 306 g/mol. The van der Waals surface area contributed by atoms with E-state index >= 15 is 0 Å². The molecule has 0 bridgehead atoms. The SMILES string of the molecule is CNN1C(c2ccncc2)=NS(=O)(=O)c2cc(F)ccc21. The van der Waals surface area contributed by atoms with Gasteiger partial charge in [0.1, 0.15) is 10.7 Å². The number of amidine groups is 1. The van der Waals surface area contributed by atoms with E-state index in [1.54, 1.807) is 31.6 Å². The molecule has 1 aromatic heterocycles. The van der Waals surface area contributed by atoms with Crippen LogP contribution >= 0.6 is 0 Å². The standard InChI is InChI=1S/C13H11FN4O2S/c1-15-18-11-3-2-10(14)8-12(11)21(19,20)17-13(18)9-4-6-16-7-5-9/h2-8,15H,1H3. The van der Waals surface area contributed by atoms with Gasteiger partial charge in [0.05, 0.1) is 5.69 Å². The number of anilines is 1. The first-order valence-corrected chi connectivity index (χ1v) is 7.49. The highest BCUT2D eigenvalue weighted by molar-refractivity contribution is 7.90. The van der Waals surface area contributed by atoms with Gasteiger partial charge in [0.25, 0.3) is 10.0 Å². The summed E-state index contributed by atoms with van der Waals surface area (Å²) in [7, 11) is -2.33. The fraction of sp³-hybridized carbons (Fsp3) is 0.0769. The van der Waals surface area contributed by atoms with E-state index in [9.17, 15) is 12.8 Å². The van der Waals surface area contributed by atoms with Crippen molar-refractivity contribution in [2.75, 3.05) is 12.1 Å². The molecule has 8 heteroatoms. The molecule has 1 aliphatic rings. The molecule has 0 aliphatic carbocycles. The molecule has 2 heterocycles. The number of hydrogen-bond acceptors (Lipinski definition) is 5.